The number of rotatable bonds is 3. The lowest BCUT2D eigenvalue weighted by atomic mass is 10.1. The van der Waals surface area contributed by atoms with Crippen LogP contribution in [0.3, 0.4) is 0 Å². The van der Waals surface area contributed by atoms with Crippen LogP contribution in [0.1, 0.15) is 12.6 Å². The summed E-state index contributed by atoms with van der Waals surface area (Å²) in [5.41, 5.74) is 2.40. The van der Waals surface area contributed by atoms with Crippen LogP contribution in [-0.2, 0) is 6.42 Å². The smallest absolute Gasteiger partial charge is 0.0664 e. The molecule has 0 fully saturated rings. The first-order valence-corrected chi connectivity index (χ1v) is 4.90. The summed E-state index contributed by atoms with van der Waals surface area (Å²) in [6, 6.07) is 8.77. The van der Waals surface area contributed by atoms with Crippen molar-refractivity contribution in [2.45, 2.75) is 19.4 Å². The lowest BCUT2D eigenvalue weighted by Crippen LogP contribution is -2.24. The third-order valence-electron chi connectivity index (χ3n) is 2.51. The Bertz CT molecular complexity index is 428. The average molecular weight is 262 g/mol. The molecule has 0 aliphatic heterocycles. The monoisotopic (exact) mass is 261 g/mol. The van der Waals surface area contributed by atoms with Gasteiger partial charge in [-0.15, -0.1) is 24.8 Å². The quantitative estimate of drug-likeness (QED) is 0.919. The zero-order valence-electron chi connectivity index (χ0n) is 9.38. The molecule has 0 saturated heterocycles. The van der Waals surface area contributed by atoms with Crippen molar-refractivity contribution in [3.05, 3.63) is 36.2 Å². The molecule has 0 bridgehead atoms. The van der Waals surface area contributed by atoms with Crippen LogP contribution in [0.4, 0.5) is 0 Å². The Morgan fingerprint density at radius 3 is 2.75 bits per heavy atom. The maximum atomic E-state index is 4.29. The summed E-state index contributed by atoms with van der Waals surface area (Å²) in [7, 11) is 1.98. The van der Waals surface area contributed by atoms with Gasteiger partial charge in [-0.05, 0) is 32.2 Å². The predicted octanol–water partition coefficient (Wildman–Crippen LogP) is 2.33. The first-order valence-electron chi connectivity index (χ1n) is 4.90. The van der Waals surface area contributed by atoms with E-state index in [1.165, 1.54) is 5.69 Å². The Kier molecular flexibility index (Phi) is 6.41. The maximum absolute atomic E-state index is 4.29. The summed E-state index contributed by atoms with van der Waals surface area (Å²) < 4.78 is 1.99. The number of fused-ring (bicyclic) bond motifs is 1. The summed E-state index contributed by atoms with van der Waals surface area (Å²) >= 11 is 0. The number of hydrogen-bond donors (Lipinski definition) is 1. The van der Waals surface area contributed by atoms with Crippen molar-refractivity contribution in [3.63, 3.8) is 0 Å². The van der Waals surface area contributed by atoms with Gasteiger partial charge in [0.25, 0.3) is 0 Å². The van der Waals surface area contributed by atoms with E-state index in [1.54, 1.807) is 0 Å². The molecule has 2 aromatic rings. The second kappa shape index (κ2) is 6.74. The number of pyridine rings is 1. The van der Waals surface area contributed by atoms with E-state index in [0.29, 0.717) is 6.04 Å². The minimum absolute atomic E-state index is 0. The summed E-state index contributed by atoms with van der Waals surface area (Å²) in [6.45, 7) is 2.17. The van der Waals surface area contributed by atoms with Gasteiger partial charge in [-0.25, -0.2) is 4.52 Å². The van der Waals surface area contributed by atoms with Crippen molar-refractivity contribution < 1.29 is 0 Å². The fourth-order valence-electron chi connectivity index (χ4n) is 1.58. The highest BCUT2D eigenvalue weighted by atomic mass is 35.5. The van der Waals surface area contributed by atoms with Gasteiger partial charge in [0.05, 0.1) is 5.52 Å². The molecule has 0 aliphatic carbocycles. The van der Waals surface area contributed by atoms with E-state index in [0.717, 1.165) is 11.9 Å². The van der Waals surface area contributed by atoms with Crippen molar-refractivity contribution >= 4 is 30.3 Å². The number of halogens is 2. The third kappa shape index (κ3) is 3.11. The zero-order chi connectivity index (χ0) is 9.97. The highest BCUT2D eigenvalue weighted by molar-refractivity contribution is 5.85. The SMILES string of the molecule is CNC(C)Cc1cccc2ccnn12.Cl.Cl. The van der Waals surface area contributed by atoms with E-state index in [9.17, 15) is 0 Å². The van der Waals surface area contributed by atoms with Gasteiger partial charge < -0.3 is 5.32 Å². The molecule has 90 valence electrons. The second-order valence-electron chi connectivity index (χ2n) is 3.58. The summed E-state index contributed by atoms with van der Waals surface area (Å²) in [4.78, 5) is 0. The Labute approximate surface area is 108 Å². The van der Waals surface area contributed by atoms with Crippen molar-refractivity contribution in [2.75, 3.05) is 7.05 Å². The lowest BCUT2D eigenvalue weighted by molar-refractivity contribution is 0.591. The molecule has 0 aliphatic rings. The average Bonchev–Trinajstić information content (AvgIpc) is 2.66. The normalized spacial score (nSPS) is 11.6. The summed E-state index contributed by atoms with van der Waals surface area (Å²) in [6.07, 6.45) is 2.83. The zero-order valence-corrected chi connectivity index (χ0v) is 11.0. The Hall–Kier alpha value is -0.770. The molecule has 0 aromatic carbocycles. The largest absolute Gasteiger partial charge is 0.317 e. The van der Waals surface area contributed by atoms with E-state index >= 15 is 0 Å². The maximum Gasteiger partial charge on any atom is 0.0664 e. The molecule has 0 amide bonds. The molecule has 1 atom stereocenters. The van der Waals surface area contributed by atoms with Crippen LogP contribution in [0.2, 0.25) is 0 Å². The third-order valence-corrected chi connectivity index (χ3v) is 2.51. The lowest BCUT2D eigenvalue weighted by Gasteiger charge is -2.10. The van der Waals surface area contributed by atoms with Crippen LogP contribution in [0.15, 0.2) is 30.5 Å². The van der Waals surface area contributed by atoms with Crippen molar-refractivity contribution in [2.24, 2.45) is 0 Å². The molecule has 2 heterocycles. The number of aromatic nitrogens is 2. The topological polar surface area (TPSA) is 29.3 Å². The van der Waals surface area contributed by atoms with E-state index in [-0.39, 0.29) is 24.8 Å². The van der Waals surface area contributed by atoms with E-state index in [4.69, 9.17) is 0 Å². The van der Waals surface area contributed by atoms with Crippen molar-refractivity contribution in [1.29, 1.82) is 0 Å². The summed E-state index contributed by atoms with van der Waals surface area (Å²) in [5, 5.41) is 7.52. The minimum atomic E-state index is 0. The van der Waals surface area contributed by atoms with Gasteiger partial charge in [0.15, 0.2) is 0 Å². The second-order valence-corrected chi connectivity index (χ2v) is 3.58. The van der Waals surface area contributed by atoms with Gasteiger partial charge in [-0.3, -0.25) is 0 Å². The van der Waals surface area contributed by atoms with E-state index in [2.05, 4.69) is 35.5 Å². The molecule has 0 saturated carbocycles. The number of nitrogens with one attached hydrogen (secondary N) is 1. The van der Waals surface area contributed by atoms with Crippen LogP contribution in [0.5, 0.6) is 0 Å². The van der Waals surface area contributed by atoms with Crippen LogP contribution in [0.25, 0.3) is 5.52 Å². The minimum Gasteiger partial charge on any atom is -0.317 e. The predicted molar refractivity (Wildman–Crippen MR) is 71.9 cm³/mol. The fraction of sp³-hybridized carbons (Fsp3) is 0.364. The van der Waals surface area contributed by atoms with Crippen molar-refractivity contribution in [3.8, 4) is 0 Å². The Balaban J connectivity index is 0.00000112. The highest BCUT2D eigenvalue weighted by Gasteiger charge is 2.04. The van der Waals surface area contributed by atoms with E-state index in [1.807, 2.05) is 23.8 Å². The van der Waals surface area contributed by atoms with Crippen LogP contribution < -0.4 is 5.32 Å². The van der Waals surface area contributed by atoms with Crippen LogP contribution in [-0.4, -0.2) is 22.7 Å². The molecule has 5 heteroatoms. The van der Waals surface area contributed by atoms with Gasteiger partial charge in [0, 0.05) is 24.4 Å². The fourth-order valence-corrected chi connectivity index (χ4v) is 1.58. The number of nitrogens with zero attached hydrogens (tertiary/aromatic N) is 2. The van der Waals surface area contributed by atoms with Crippen molar-refractivity contribution in [1.82, 2.24) is 14.9 Å². The van der Waals surface area contributed by atoms with E-state index < -0.39 is 0 Å². The molecule has 16 heavy (non-hydrogen) atoms. The van der Waals surface area contributed by atoms with Gasteiger partial charge in [0.1, 0.15) is 0 Å². The van der Waals surface area contributed by atoms with Gasteiger partial charge in [0.2, 0.25) is 0 Å². The number of hydrogen-bond acceptors (Lipinski definition) is 2. The van der Waals surface area contributed by atoms with Crippen LogP contribution >= 0.6 is 24.8 Å². The molecular formula is C11H17Cl2N3. The number of likely N-dealkylation sites (N-methyl/N-ethyl adjacent to an activating group) is 1. The molecule has 2 aromatic heterocycles. The van der Waals surface area contributed by atoms with Gasteiger partial charge in [-0.2, -0.15) is 5.10 Å². The van der Waals surface area contributed by atoms with Crippen LogP contribution in [0, 0.1) is 0 Å². The van der Waals surface area contributed by atoms with Gasteiger partial charge in [-0.1, -0.05) is 6.07 Å². The standard InChI is InChI=1S/C11H15N3.2ClH/c1-9(12-2)8-11-5-3-4-10-6-7-13-14(10)11;;/h3-7,9,12H,8H2,1-2H3;2*1H. The Morgan fingerprint density at radius 2 is 2.06 bits per heavy atom. The molecule has 0 spiro atoms. The summed E-state index contributed by atoms with van der Waals surface area (Å²) in [5.74, 6) is 0. The Morgan fingerprint density at radius 1 is 1.31 bits per heavy atom. The molecule has 0 radical (unpaired) electrons. The molecule has 3 nitrogen and oxygen atoms in total. The molecule has 2 rings (SSSR count). The first-order chi connectivity index (χ1) is 6.81. The highest BCUT2D eigenvalue weighted by Crippen LogP contribution is 2.08. The molecular weight excluding hydrogens is 245 g/mol. The van der Waals surface area contributed by atoms with Gasteiger partial charge >= 0.3 is 0 Å². The first kappa shape index (κ1) is 15.2. The molecule has 1 unspecified atom stereocenters. The molecule has 1 N–H and O–H groups in total.